The van der Waals surface area contributed by atoms with Crippen LogP contribution in [-0.2, 0) is 48.8 Å². The van der Waals surface area contributed by atoms with Gasteiger partial charge in [0, 0.05) is 17.8 Å². The molecule has 3 aliphatic carbocycles. The molecule has 1 saturated carbocycles. The second kappa shape index (κ2) is 18.0. The Balaban J connectivity index is 0.000000265. The number of methoxy groups -OCH3 is 1. The van der Waals surface area contributed by atoms with Crippen molar-refractivity contribution >= 4 is 40.6 Å². The Labute approximate surface area is 355 Å². The van der Waals surface area contributed by atoms with Crippen molar-refractivity contribution in [3.05, 3.63) is 82.5 Å². The van der Waals surface area contributed by atoms with Gasteiger partial charge in [-0.05, 0) is 121 Å². The van der Waals surface area contributed by atoms with Crippen LogP contribution in [0.2, 0.25) is 39.3 Å². The number of benzene rings is 1. The number of aliphatic hydroxyl groups is 1. The van der Waals surface area contributed by atoms with Crippen LogP contribution in [0.25, 0.3) is 0 Å². The molecule has 0 aromatic heterocycles. The molecule has 2 fully saturated rings. The minimum Gasteiger partial charge on any atom is -0.467 e. The zero-order valence-electron chi connectivity index (χ0n) is 38.1. The number of fused-ring (bicyclic) bond motifs is 3. The summed E-state index contributed by atoms with van der Waals surface area (Å²) in [5.41, 5.74) is 2.12. The van der Waals surface area contributed by atoms with E-state index >= 15 is 0 Å². The fourth-order valence-electron chi connectivity index (χ4n) is 9.60. The predicted molar refractivity (Wildman–Crippen MR) is 235 cm³/mol. The van der Waals surface area contributed by atoms with Gasteiger partial charge in [0.15, 0.2) is 39.7 Å². The van der Waals surface area contributed by atoms with Crippen molar-refractivity contribution in [2.75, 3.05) is 7.11 Å². The largest absolute Gasteiger partial charge is 0.467 e. The molecule has 10 nitrogen and oxygen atoms in total. The molecule has 10 atom stereocenters. The molecule has 1 aromatic rings. The molecule has 12 heteroatoms. The summed E-state index contributed by atoms with van der Waals surface area (Å²) in [6.45, 7) is 34.0. The first-order valence-corrected chi connectivity index (χ1v) is 27.8. The molecule has 1 N–H and O–H groups in total. The number of rotatable bonds is 14. The molecule has 0 unspecified atom stereocenters. The minimum atomic E-state index is -2.23. The smallest absolute Gasteiger partial charge is 0.344 e. The lowest BCUT2D eigenvalue weighted by Gasteiger charge is -2.44. The van der Waals surface area contributed by atoms with Gasteiger partial charge < -0.3 is 28.2 Å². The van der Waals surface area contributed by atoms with Gasteiger partial charge in [-0.3, -0.25) is 9.59 Å². The third kappa shape index (κ3) is 9.78. The molecular formula is C47H70O10Si2. The number of carbonyl (C=O) groups is 4. The highest BCUT2D eigenvalue weighted by Gasteiger charge is 2.73. The van der Waals surface area contributed by atoms with Gasteiger partial charge in [0.2, 0.25) is 5.60 Å². The van der Waals surface area contributed by atoms with Crippen molar-refractivity contribution < 1.29 is 47.3 Å². The number of ketones is 1. The first-order valence-electron chi connectivity index (χ1n) is 21.0. The topological polar surface area (TPSA) is 135 Å². The zero-order chi connectivity index (χ0) is 44.6. The second-order valence-corrected chi connectivity index (χ2v) is 28.5. The number of allylic oxidation sites excluding steroid dienone is 4. The van der Waals surface area contributed by atoms with Gasteiger partial charge in [0.1, 0.15) is 6.29 Å². The van der Waals surface area contributed by atoms with Crippen LogP contribution in [0, 0.1) is 29.6 Å². The molecule has 326 valence electrons. The Morgan fingerprint density at radius 1 is 1.03 bits per heavy atom. The van der Waals surface area contributed by atoms with E-state index in [1.165, 1.54) is 19.6 Å². The molecule has 0 spiro atoms. The summed E-state index contributed by atoms with van der Waals surface area (Å²) >= 11 is 0. The van der Waals surface area contributed by atoms with Crippen LogP contribution in [0.15, 0.2) is 76.9 Å². The average Bonchev–Trinajstić information content (AvgIpc) is 3.66. The first kappa shape index (κ1) is 48.4. The number of hydrogen-bond acceptors (Lipinski definition) is 10. The van der Waals surface area contributed by atoms with Gasteiger partial charge >= 0.3 is 11.9 Å². The van der Waals surface area contributed by atoms with E-state index in [9.17, 15) is 24.3 Å². The SMILES string of the molecule is C=C(C[C@H](C)C(=O)[C@](C)(O[Si](C)(C)C)C(=O)OC)[C@H]1C[C@@H](C)C(C)=C1C=O.C=C1C[C@H](OCc2ccccc2)[C@]2(O)[C@H](OC(=O)[C@@]2(C)O[Si](C)(C)C)C2=C(C)[C@H](C)C[C@H]12. The van der Waals surface area contributed by atoms with Gasteiger partial charge in [0.25, 0.3) is 0 Å². The number of hydrogen-bond donors (Lipinski definition) is 1. The number of aldehydes is 1. The van der Waals surface area contributed by atoms with Crippen molar-refractivity contribution in [3.8, 4) is 0 Å². The van der Waals surface area contributed by atoms with Crippen molar-refractivity contribution in [3.63, 3.8) is 0 Å². The van der Waals surface area contributed by atoms with Gasteiger partial charge in [-0.25, -0.2) is 9.59 Å². The van der Waals surface area contributed by atoms with Crippen LogP contribution < -0.4 is 0 Å². The van der Waals surface area contributed by atoms with E-state index in [1.807, 2.05) is 76.5 Å². The van der Waals surface area contributed by atoms with Crippen LogP contribution in [0.3, 0.4) is 0 Å². The maximum atomic E-state index is 13.4. The van der Waals surface area contributed by atoms with E-state index in [4.69, 9.17) is 23.1 Å². The van der Waals surface area contributed by atoms with Crippen LogP contribution in [0.1, 0.15) is 79.7 Å². The number of carbonyl (C=O) groups excluding carboxylic acids is 4. The summed E-state index contributed by atoms with van der Waals surface area (Å²) in [5.74, 6) is -1.24. The average molecular weight is 851 g/mol. The van der Waals surface area contributed by atoms with E-state index in [-0.39, 0.29) is 17.6 Å². The molecule has 0 radical (unpaired) electrons. The van der Waals surface area contributed by atoms with E-state index < -0.39 is 63.5 Å². The Hall–Kier alpha value is -3.27. The molecule has 59 heavy (non-hydrogen) atoms. The fraction of sp³-hybridized carbons (Fsp3) is 0.617. The molecule has 1 saturated heterocycles. The highest BCUT2D eigenvalue weighted by molar-refractivity contribution is 6.70. The molecule has 5 rings (SSSR count). The van der Waals surface area contributed by atoms with Crippen LogP contribution in [0.5, 0.6) is 0 Å². The van der Waals surface area contributed by atoms with Gasteiger partial charge in [-0.15, -0.1) is 0 Å². The summed E-state index contributed by atoms with van der Waals surface area (Å²) in [6.07, 6.45) is 2.03. The molecular weight excluding hydrogens is 781 g/mol. The van der Waals surface area contributed by atoms with E-state index in [2.05, 4.69) is 33.9 Å². The Morgan fingerprint density at radius 2 is 1.63 bits per heavy atom. The normalized spacial score (nSPS) is 31.0. The number of ether oxygens (including phenoxy) is 3. The van der Waals surface area contributed by atoms with E-state index in [0.717, 1.165) is 52.6 Å². The van der Waals surface area contributed by atoms with E-state index in [1.54, 1.807) is 13.8 Å². The van der Waals surface area contributed by atoms with Gasteiger partial charge in [0.05, 0.1) is 19.8 Å². The maximum absolute atomic E-state index is 13.4. The lowest BCUT2D eigenvalue weighted by molar-refractivity contribution is -0.192. The molecule has 1 heterocycles. The van der Waals surface area contributed by atoms with Gasteiger partial charge in [-0.1, -0.05) is 86.6 Å². The zero-order valence-corrected chi connectivity index (χ0v) is 40.1. The first-order chi connectivity index (χ1) is 27.2. The Bertz CT molecular complexity index is 1870. The quantitative estimate of drug-likeness (QED) is 0.0636. The Kier molecular flexibility index (Phi) is 14.8. The summed E-state index contributed by atoms with van der Waals surface area (Å²) in [6, 6.07) is 9.86. The van der Waals surface area contributed by atoms with Crippen LogP contribution in [0.4, 0.5) is 0 Å². The Morgan fingerprint density at radius 3 is 2.17 bits per heavy atom. The third-order valence-corrected chi connectivity index (χ3v) is 14.8. The summed E-state index contributed by atoms with van der Waals surface area (Å²) in [7, 11) is -3.15. The summed E-state index contributed by atoms with van der Waals surface area (Å²) in [4.78, 5) is 50.4. The number of Topliss-reactive ketones (excluding diaryl/α,β-unsaturated/α-hetero) is 1. The summed E-state index contributed by atoms with van der Waals surface area (Å²) < 4.78 is 29.7. The van der Waals surface area contributed by atoms with Crippen molar-refractivity contribution in [1.29, 1.82) is 0 Å². The molecule has 0 bridgehead atoms. The van der Waals surface area contributed by atoms with Crippen LogP contribution >= 0.6 is 0 Å². The van der Waals surface area contributed by atoms with Crippen molar-refractivity contribution in [2.24, 2.45) is 29.6 Å². The van der Waals surface area contributed by atoms with Crippen molar-refractivity contribution in [2.45, 2.75) is 149 Å². The minimum absolute atomic E-state index is 0.0324. The van der Waals surface area contributed by atoms with E-state index in [0.29, 0.717) is 31.3 Å². The maximum Gasteiger partial charge on any atom is 0.344 e. The third-order valence-electron chi connectivity index (χ3n) is 12.8. The highest BCUT2D eigenvalue weighted by Crippen LogP contribution is 2.56. The number of esters is 2. The lowest BCUT2D eigenvalue weighted by atomic mass is 9.75. The highest BCUT2D eigenvalue weighted by atomic mass is 28.4. The second-order valence-electron chi connectivity index (χ2n) is 19.6. The standard InChI is InChI=1S/C26H36O5Si.C21H34O5Si/c1-16-13-20-17(2)14-21(29-15-19-11-9-8-10-12-19)26(28)23(22(20)18(16)3)30-24(27)25(26,4)31-32(5,6)7;1-13-11-17(18(12-22)16(13)4)14(2)10-15(3)19(23)21(5,20(24)25-6)26-27(7,8)9/h8-12,16,20-21,23,28H,2,13-15H2,1,3-7H3;12-13,15,17H,2,10-11H2,1,3-9H3/t16-,20-,21+,23-,25-,26+;13-,15+,17-,21+/m11/s1. The molecule has 4 aliphatic rings. The van der Waals surface area contributed by atoms with Crippen LogP contribution in [-0.4, -0.2) is 81.9 Å². The fourth-order valence-corrected chi connectivity index (χ4v) is 12.5. The molecule has 1 aromatic carbocycles. The lowest BCUT2D eigenvalue weighted by Crippen LogP contribution is -2.66. The monoisotopic (exact) mass is 850 g/mol. The summed E-state index contributed by atoms with van der Waals surface area (Å²) in [5, 5.41) is 12.5. The molecule has 0 amide bonds. The van der Waals surface area contributed by atoms with Gasteiger partial charge in [-0.2, -0.15) is 0 Å². The molecule has 1 aliphatic heterocycles. The predicted octanol–water partition coefficient (Wildman–Crippen LogP) is 8.86. The van der Waals surface area contributed by atoms with Crippen molar-refractivity contribution in [1.82, 2.24) is 0 Å².